The molecular weight excluding hydrogens is 282 g/mol. The molecule has 2 fully saturated rings. The normalized spacial score (nSPS) is 23.6. The van der Waals surface area contributed by atoms with Gasteiger partial charge in [-0.2, -0.15) is 23.5 Å². The molecule has 0 spiro atoms. The second-order valence-electron chi connectivity index (χ2n) is 5.05. The van der Waals surface area contributed by atoms with E-state index >= 15 is 0 Å². The Kier molecular flexibility index (Phi) is 4.14. The average Bonchev–Trinajstić information content (AvgIpc) is 3.16. The Labute approximate surface area is 122 Å². The summed E-state index contributed by atoms with van der Waals surface area (Å²) in [6.07, 6.45) is 2.45. The summed E-state index contributed by atoms with van der Waals surface area (Å²) in [4.78, 5) is 0. The molecule has 0 bridgehead atoms. The first-order valence-electron chi connectivity index (χ1n) is 6.48. The molecule has 1 aliphatic heterocycles. The second-order valence-corrected chi connectivity index (χ2v) is 7.76. The van der Waals surface area contributed by atoms with Crippen LogP contribution >= 0.6 is 35.1 Å². The Morgan fingerprint density at radius 1 is 1.11 bits per heavy atom. The van der Waals surface area contributed by atoms with Crippen molar-refractivity contribution >= 4 is 35.1 Å². The summed E-state index contributed by atoms with van der Waals surface area (Å²) in [5, 5.41) is 4.79. The highest BCUT2D eigenvalue weighted by Crippen LogP contribution is 2.48. The Balaban J connectivity index is 1.73. The van der Waals surface area contributed by atoms with Crippen LogP contribution in [0.2, 0.25) is 5.02 Å². The van der Waals surface area contributed by atoms with Crippen molar-refractivity contribution in [2.24, 2.45) is 0 Å². The first kappa shape index (κ1) is 13.2. The predicted octanol–water partition coefficient (Wildman–Crippen LogP) is 3.77. The summed E-state index contributed by atoms with van der Waals surface area (Å²) in [5.74, 6) is 5.06. The van der Waals surface area contributed by atoms with Crippen molar-refractivity contribution in [3.63, 3.8) is 0 Å². The van der Waals surface area contributed by atoms with Gasteiger partial charge in [0.1, 0.15) is 0 Å². The van der Waals surface area contributed by atoms with Crippen molar-refractivity contribution in [3.8, 4) is 0 Å². The van der Waals surface area contributed by atoms with Gasteiger partial charge in [-0.1, -0.05) is 29.8 Å². The first-order valence-corrected chi connectivity index (χ1v) is 9.17. The fourth-order valence-electron chi connectivity index (χ4n) is 2.56. The fraction of sp³-hybridized carbons (Fsp3) is 0.571. The van der Waals surface area contributed by atoms with Crippen LogP contribution in [0.4, 0.5) is 0 Å². The standard InChI is InChI=1S/C14H18ClNS2/c15-13-4-2-1-3-12(13)14(5-6-14)16-11-9-17-7-8-18-10-11/h1-4,11,16H,5-10H2. The van der Waals surface area contributed by atoms with E-state index in [-0.39, 0.29) is 5.54 Å². The molecule has 2 aliphatic rings. The zero-order valence-corrected chi connectivity index (χ0v) is 12.7. The predicted molar refractivity (Wildman–Crippen MR) is 83.9 cm³/mol. The van der Waals surface area contributed by atoms with Crippen molar-refractivity contribution in [2.75, 3.05) is 23.0 Å². The molecule has 0 unspecified atom stereocenters. The minimum Gasteiger partial charge on any atom is -0.303 e. The fourth-order valence-corrected chi connectivity index (χ4v) is 5.27. The number of nitrogens with one attached hydrogen (secondary N) is 1. The monoisotopic (exact) mass is 299 g/mol. The van der Waals surface area contributed by atoms with Crippen LogP contribution in [0.25, 0.3) is 0 Å². The molecule has 1 aliphatic carbocycles. The summed E-state index contributed by atoms with van der Waals surface area (Å²) in [6, 6.07) is 8.93. The van der Waals surface area contributed by atoms with E-state index < -0.39 is 0 Å². The van der Waals surface area contributed by atoms with E-state index in [1.807, 2.05) is 12.1 Å². The number of hydrogen-bond donors (Lipinski definition) is 1. The van der Waals surface area contributed by atoms with E-state index in [0.29, 0.717) is 6.04 Å². The Morgan fingerprint density at radius 3 is 2.39 bits per heavy atom. The zero-order chi connectivity index (χ0) is 12.4. The lowest BCUT2D eigenvalue weighted by Crippen LogP contribution is -2.41. The van der Waals surface area contributed by atoms with E-state index in [1.165, 1.54) is 41.4 Å². The van der Waals surface area contributed by atoms with Gasteiger partial charge in [0.15, 0.2) is 0 Å². The van der Waals surface area contributed by atoms with Crippen LogP contribution in [0.3, 0.4) is 0 Å². The Hall–Kier alpha value is 0.170. The minimum absolute atomic E-state index is 0.175. The van der Waals surface area contributed by atoms with Crippen LogP contribution in [0.1, 0.15) is 18.4 Å². The summed E-state index contributed by atoms with van der Waals surface area (Å²) >= 11 is 10.5. The van der Waals surface area contributed by atoms with Gasteiger partial charge >= 0.3 is 0 Å². The maximum absolute atomic E-state index is 6.35. The molecule has 3 rings (SSSR count). The van der Waals surface area contributed by atoms with E-state index in [9.17, 15) is 0 Å². The third-order valence-corrected chi connectivity index (χ3v) is 6.48. The van der Waals surface area contributed by atoms with Crippen LogP contribution in [0, 0.1) is 0 Å². The maximum atomic E-state index is 6.35. The smallest absolute Gasteiger partial charge is 0.0456 e. The highest BCUT2D eigenvalue weighted by atomic mass is 35.5. The molecule has 18 heavy (non-hydrogen) atoms. The summed E-state index contributed by atoms with van der Waals surface area (Å²) in [5.41, 5.74) is 1.47. The molecule has 0 amide bonds. The largest absolute Gasteiger partial charge is 0.303 e. The molecule has 1 nitrogen and oxygen atoms in total. The quantitative estimate of drug-likeness (QED) is 0.912. The summed E-state index contributed by atoms with van der Waals surface area (Å²) < 4.78 is 0. The van der Waals surface area contributed by atoms with Gasteiger partial charge in [0.25, 0.3) is 0 Å². The molecule has 1 aromatic carbocycles. The molecule has 98 valence electrons. The van der Waals surface area contributed by atoms with Crippen molar-refractivity contribution < 1.29 is 0 Å². The van der Waals surface area contributed by atoms with Crippen LogP contribution in [0.15, 0.2) is 24.3 Å². The van der Waals surface area contributed by atoms with Crippen LogP contribution in [-0.4, -0.2) is 29.1 Å². The number of benzene rings is 1. The zero-order valence-electron chi connectivity index (χ0n) is 10.3. The molecule has 1 N–H and O–H groups in total. The van der Waals surface area contributed by atoms with Gasteiger partial charge in [-0.05, 0) is 24.5 Å². The third kappa shape index (κ3) is 2.84. The van der Waals surface area contributed by atoms with Gasteiger partial charge in [0.2, 0.25) is 0 Å². The lowest BCUT2D eigenvalue weighted by atomic mass is 10.0. The van der Waals surface area contributed by atoms with E-state index in [4.69, 9.17) is 11.6 Å². The number of thioether (sulfide) groups is 2. The third-order valence-electron chi connectivity index (χ3n) is 3.63. The average molecular weight is 300 g/mol. The van der Waals surface area contributed by atoms with Gasteiger partial charge in [-0.15, -0.1) is 0 Å². The molecular formula is C14H18ClNS2. The number of hydrogen-bond acceptors (Lipinski definition) is 3. The molecule has 1 heterocycles. The summed E-state index contributed by atoms with van der Waals surface area (Å²) in [6.45, 7) is 0. The van der Waals surface area contributed by atoms with Gasteiger partial charge in [0, 0.05) is 39.6 Å². The van der Waals surface area contributed by atoms with E-state index in [2.05, 4.69) is 41.0 Å². The van der Waals surface area contributed by atoms with Gasteiger partial charge < -0.3 is 5.32 Å². The van der Waals surface area contributed by atoms with Crippen molar-refractivity contribution in [1.29, 1.82) is 0 Å². The lowest BCUT2D eigenvalue weighted by molar-refractivity contribution is 0.470. The van der Waals surface area contributed by atoms with Crippen molar-refractivity contribution in [3.05, 3.63) is 34.9 Å². The lowest BCUT2D eigenvalue weighted by Gasteiger charge is -2.25. The first-order chi connectivity index (χ1) is 8.80. The number of halogens is 1. The summed E-state index contributed by atoms with van der Waals surface area (Å²) in [7, 11) is 0. The molecule has 4 heteroatoms. The highest BCUT2D eigenvalue weighted by molar-refractivity contribution is 8.03. The van der Waals surface area contributed by atoms with Gasteiger partial charge in [-0.25, -0.2) is 0 Å². The maximum Gasteiger partial charge on any atom is 0.0456 e. The molecule has 0 radical (unpaired) electrons. The Morgan fingerprint density at radius 2 is 1.78 bits per heavy atom. The molecule has 1 aromatic rings. The number of rotatable bonds is 3. The molecule has 0 atom stereocenters. The SMILES string of the molecule is Clc1ccccc1C1(NC2CSCCSC2)CC1. The Bertz CT molecular complexity index is 412. The van der Waals surface area contributed by atoms with Gasteiger partial charge in [0.05, 0.1) is 0 Å². The second kappa shape index (κ2) is 5.66. The van der Waals surface area contributed by atoms with Crippen molar-refractivity contribution in [2.45, 2.75) is 24.4 Å². The molecule has 0 aromatic heterocycles. The topological polar surface area (TPSA) is 12.0 Å². The van der Waals surface area contributed by atoms with Gasteiger partial charge in [-0.3, -0.25) is 0 Å². The minimum atomic E-state index is 0.175. The van der Waals surface area contributed by atoms with E-state index in [0.717, 1.165) is 5.02 Å². The highest BCUT2D eigenvalue weighted by Gasteiger charge is 2.46. The van der Waals surface area contributed by atoms with E-state index in [1.54, 1.807) is 0 Å². The van der Waals surface area contributed by atoms with Crippen LogP contribution < -0.4 is 5.32 Å². The van der Waals surface area contributed by atoms with Crippen LogP contribution in [0.5, 0.6) is 0 Å². The van der Waals surface area contributed by atoms with Crippen LogP contribution in [-0.2, 0) is 5.54 Å². The van der Waals surface area contributed by atoms with Crippen molar-refractivity contribution in [1.82, 2.24) is 5.32 Å². The molecule has 1 saturated heterocycles. The molecule has 1 saturated carbocycles.